The number of hydrogen-bond acceptors (Lipinski definition) is 3. The molecule has 0 atom stereocenters. The molecule has 7 heteroatoms. The lowest BCUT2D eigenvalue weighted by molar-refractivity contribution is -0.114. The van der Waals surface area contributed by atoms with Gasteiger partial charge in [0.25, 0.3) is 11.5 Å². The number of hydrazone groups is 1. The predicted molar refractivity (Wildman–Crippen MR) is 128 cm³/mol. The van der Waals surface area contributed by atoms with Gasteiger partial charge in [-0.25, -0.2) is 4.68 Å². The van der Waals surface area contributed by atoms with Crippen molar-refractivity contribution in [1.29, 1.82) is 0 Å². The standard InChI is InChI=1S/C23H21IN4O2/c1-13-5-8-19(11-14(13)2)28-23(30)21(16(4)26-28)12-20-15(3)25-27(22(20)29)18-9-6-17(24)7-10-18/h5-12,25H,1-4H3/b21-12-. The largest absolute Gasteiger partial charge is 0.295 e. The van der Waals surface area contributed by atoms with Crippen molar-refractivity contribution < 1.29 is 4.79 Å². The van der Waals surface area contributed by atoms with Crippen molar-refractivity contribution >= 4 is 46.0 Å². The van der Waals surface area contributed by atoms with E-state index in [9.17, 15) is 9.59 Å². The average molecular weight is 512 g/mol. The zero-order valence-electron chi connectivity index (χ0n) is 17.2. The third kappa shape index (κ3) is 3.54. The molecule has 0 unspecified atom stereocenters. The average Bonchev–Trinajstić information content (AvgIpc) is 3.15. The lowest BCUT2D eigenvalue weighted by Gasteiger charge is -2.13. The van der Waals surface area contributed by atoms with E-state index in [0.29, 0.717) is 28.2 Å². The van der Waals surface area contributed by atoms with Crippen LogP contribution < -0.4 is 10.6 Å². The summed E-state index contributed by atoms with van der Waals surface area (Å²) in [6, 6.07) is 13.4. The van der Waals surface area contributed by atoms with E-state index in [2.05, 4.69) is 32.8 Å². The van der Waals surface area contributed by atoms with Gasteiger partial charge >= 0.3 is 0 Å². The van der Waals surface area contributed by atoms with Gasteiger partial charge in [-0.1, -0.05) is 6.07 Å². The number of benzene rings is 2. The number of anilines is 1. The van der Waals surface area contributed by atoms with Gasteiger partial charge in [0.2, 0.25) is 0 Å². The number of rotatable bonds is 3. The van der Waals surface area contributed by atoms with Crippen LogP contribution in [0.1, 0.15) is 29.3 Å². The first-order valence-corrected chi connectivity index (χ1v) is 10.6. The number of nitrogens with zero attached hydrogens (tertiary/aromatic N) is 3. The van der Waals surface area contributed by atoms with Crippen molar-refractivity contribution in [1.82, 2.24) is 9.78 Å². The van der Waals surface area contributed by atoms with E-state index in [1.165, 1.54) is 9.69 Å². The van der Waals surface area contributed by atoms with Crippen LogP contribution in [0.4, 0.5) is 5.69 Å². The summed E-state index contributed by atoms with van der Waals surface area (Å²) in [7, 11) is 0. The fourth-order valence-electron chi connectivity index (χ4n) is 3.36. The highest BCUT2D eigenvalue weighted by atomic mass is 127. The highest BCUT2D eigenvalue weighted by molar-refractivity contribution is 14.1. The van der Waals surface area contributed by atoms with Crippen molar-refractivity contribution in [3.8, 4) is 5.69 Å². The molecule has 0 saturated heterocycles. The molecule has 3 aromatic rings. The number of halogens is 1. The maximum absolute atomic E-state index is 13.1. The molecule has 30 heavy (non-hydrogen) atoms. The summed E-state index contributed by atoms with van der Waals surface area (Å²) in [5, 5.41) is 8.93. The first-order valence-electron chi connectivity index (χ1n) is 9.53. The minimum Gasteiger partial charge on any atom is -0.295 e. The summed E-state index contributed by atoms with van der Waals surface area (Å²) >= 11 is 2.22. The van der Waals surface area contributed by atoms with Crippen molar-refractivity contribution in [2.24, 2.45) is 5.10 Å². The second kappa shape index (κ2) is 7.71. The third-order valence-corrected chi connectivity index (χ3v) is 6.01. The van der Waals surface area contributed by atoms with Crippen molar-refractivity contribution in [3.05, 3.63) is 84.3 Å². The second-order valence-corrected chi connectivity index (χ2v) is 8.64. The van der Waals surface area contributed by atoms with E-state index in [4.69, 9.17) is 0 Å². The first-order chi connectivity index (χ1) is 14.3. The number of aryl methyl sites for hydroxylation is 3. The lowest BCUT2D eigenvalue weighted by Crippen LogP contribution is -2.22. The van der Waals surface area contributed by atoms with Gasteiger partial charge in [0.15, 0.2) is 0 Å². The minimum absolute atomic E-state index is 0.202. The summed E-state index contributed by atoms with van der Waals surface area (Å²) < 4.78 is 2.58. The molecular weight excluding hydrogens is 491 g/mol. The molecule has 1 amide bonds. The molecular formula is C23H21IN4O2. The molecule has 0 fully saturated rings. The topological polar surface area (TPSA) is 70.5 Å². The van der Waals surface area contributed by atoms with Crippen LogP contribution in [-0.4, -0.2) is 21.4 Å². The number of aromatic nitrogens is 2. The molecule has 0 spiro atoms. The molecule has 152 valence electrons. The van der Waals surface area contributed by atoms with E-state index >= 15 is 0 Å². The van der Waals surface area contributed by atoms with Gasteiger partial charge in [-0.2, -0.15) is 10.1 Å². The first kappa shape index (κ1) is 20.3. The summed E-state index contributed by atoms with van der Waals surface area (Å²) in [5.74, 6) is -0.239. The van der Waals surface area contributed by atoms with Crippen LogP contribution in [0.3, 0.4) is 0 Å². The molecule has 0 aliphatic carbocycles. The molecule has 0 bridgehead atoms. The highest BCUT2D eigenvalue weighted by Gasteiger charge is 2.29. The number of carbonyl (C=O) groups excluding carboxylic acids is 1. The van der Waals surface area contributed by atoms with E-state index in [-0.39, 0.29) is 11.5 Å². The van der Waals surface area contributed by atoms with Gasteiger partial charge in [0, 0.05) is 9.26 Å². The quantitative estimate of drug-likeness (QED) is 0.415. The summed E-state index contributed by atoms with van der Waals surface area (Å²) in [4.78, 5) is 26.1. The predicted octanol–water partition coefficient (Wildman–Crippen LogP) is 4.50. The van der Waals surface area contributed by atoms with Gasteiger partial charge in [0.1, 0.15) is 0 Å². The van der Waals surface area contributed by atoms with Crippen LogP contribution >= 0.6 is 22.6 Å². The maximum atomic E-state index is 13.1. The number of nitrogens with one attached hydrogen (secondary N) is 1. The summed E-state index contributed by atoms with van der Waals surface area (Å²) in [6.45, 7) is 7.63. The van der Waals surface area contributed by atoms with E-state index in [0.717, 1.165) is 20.4 Å². The van der Waals surface area contributed by atoms with Crippen LogP contribution in [0.25, 0.3) is 11.8 Å². The molecule has 1 N–H and O–H groups in total. The van der Waals surface area contributed by atoms with Crippen LogP contribution in [0.5, 0.6) is 0 Å². The summed E-state index contributed by atoms with van der Waals surface area (Å²) in [6.07, 6.45) is 1.64. The smallest absolute Gasteiger partial charge is 0.280 e. The van der Waals surface area contributed by atoms with Gasteiger partial charge in [-0.15, -0.1) is 0 Å². The Hall–Kier alpha value is -2.94. The van der Waals surface area contributed by atoms with Crippen LogP contribution in [-0.2, 0) is 4.79 Å². The van der Waals surface area contributed by atoms with E-state index in [1.54, 1.807) is 13.0 Å². The van der Waals surface area contributed by atoms with Crippen molar-refractivity contribution in [3.63, 3.8) is 0 Å². The normalized spacial score (nSPS) is 15.2. The number of aromatic amines is 1. The number of carbonyl (C=O) groups is 1. The van der Waals surface area contributed by atoms with Crippen molar-refractivity contribution in [2.75, 3.05) is 5.01 Å². The fourth-order valence-corrected chi connectivity index (χ4v) is 3.72. The molecule has 1 aliphatic rings. The Morgan fingerprint density at radius 2 is 1.60 bits per heavy atom. The maximum Gasteiger partial charge on any atom is 0.280 e. The zero-order valence-corrected chi connectivity index (χ0v) is 19.3. The second-order valence-electron chi connectivity index (χ2n) is 7.40. The van der Waals surface area contributed by atoms with Gasteiger partial charge < -0.3 is 0 Å². The Labute approximate surface area is 188 Å². The van der Waals surface area contributed by atoms with Gasteiger partial charge in [-0.05, 0) is 104 Å². The zero-order chi connectivity index (χ0) is 21.6. The number of amides is 1. The molecule has 2 aromatic carbocycles. The van der Waals surface area contributed by atoms with Gasteiger partial charge in [-0.3, -0.25) is 14.7 Å². The fraction of sp³-hybridized carbons (Fsp3) is 0.174. The van der Waals surface area contributed by atoms with E-state index in [1.807, 2.05) is 63.2 Å². The monoisotopic (exact) mass is 512 g/mol. The highest BCUT2D eigenvalue weighted by Crippen LogP contribution is 2.26. The number of hydrogen-bond donors (Lipinski definition) is 1. The molecule has 4 rings (SSSR count). The Balaban J connectivity index is 1.73. The van der Waals surface area contributed by atoms with E-state index < -0.39 is 0 Å². The van der Waals surface area contributed by atoms with Crippen LogP contribution in [0.2, 0.25) is 0 Å². The lowest BCUT2D eigenvalue weighted by atomic mass is 10.1. The van der Waals surface area contributed by atoms with Crippen molar-refractivity contribution in [2.45, 2.75) is 27.7 Å². The molecule has 1 aliphatic heterocycles. The molecule has 2 heterocycles. The minimum atomic E-state index is -0.239. The SMILES string of the molecule is CC1=NN(c2ccc(C)c(C)c2)C(=O)/C1=C\c1c(C)[nH]n(-c2ccc(I)cc2)c1=O. The molecule has 1 aromatic heterocycles. The Morgan fingerprint density at radius 3 is 2.27 bits per heavy atom. The Morgan fingerprint density at radius 1 is 0.933 bits per heavy atom. The van der Waals surface area contributed by atoms with Gasteiger partial charge in [0.05, 0.1) is 28.2 Å². The Bertz CT molecular complexity index is 1280. The number of H-pyrrole nitrogens is 1. The molecule has 0 saturated carbocycles. The van der Waals surface area contributed by atoms with Crippen LogP contribution in [0, 0.1) is 24.3 Å². The summed E-state index contributed by atoms with van der Waals surface area (Å²) in [5.41, 5.74) is 5.65. The molecule has 0 radical (unpaired) electrons. The molecule has 6 nitrogen and oxygen atoms in total. The van der Waals surface area contributed by atoms with Crippen LogP contribution in [0.15, 0.2) is 57.9 Å². The Kier molecular flexibility index (Phi) is 5.23. The third-order valence-electron chi connectivity index (χ3n) is 5.29.